The summed E-state index contributed by atoms with van der Waals surface area (Å²) in [4.78, 5) is 5.22. The molecule has 2 heterocycles. The van der Waals surface area contributed by atoms with Crippen LogP contribution in [0.25, 0.3) is 0 Å². The summed E-state index contributed by atoms with van der Waals surface area (Å²) in [6.07, 6.45) is 5.77. The van der Waals surface area contributed by atoms with Gasteiger partial charge in [0.15, 0.2) is 0 Å². The van der Waals surface area contributed by atoms with Crippen molar-refractivity contribution in [1.82, 2.24) is 10.3 Å². The van der Waals surface area contributed by atoms with Gasteiger partial charge in [-0.25, -0.2) is 0 Å². The first-order valence-corrected chi connectivity index (χ1v) is 6.01. The monoisotopic (exact) mass is 248 g/mol. The lowest BCUT2D eigenvalue weighted by Crippen LogP contribution is -2.37. The molecule has 3 nitrogen and oxygen atoms in total. The molecule has 0 radical (unpaired) electrons. The first kappa shape index (κ1) is 12.9. The zero-order valence-corrected chi connectivity index (χ0v) is 10.3. The van der Waals surface area contributed by atoms with E-state index < -0.39 is 0 Å². The highest BCUT2D eigenvalue weighted by molar-refractivity contribution is 7.09. The summed E-state index contributed by atoms with van der Waals surface area (Å²) in [5.41, 5.74) is 1.84. The van der Waals surface area contributed by atoms with Crippen LogP contribution in [0.5, 0.6) is 0 Å². The minimum Gasteiger partial charge on any atom is -0.374 e. The van der Waals surface area contributed by atoms with Crippen LogP contribution in [-0.4, -0.2) is 24.2 Å². The van der Waals surface area contributed by atoms with Crippen molar-refractivity contribution >= 4 is 23.7 Å². The second-order valence-electron chi connectivity index (χ2n) is 3.63. The number of nitrogens with one attached hydrogen (secondary N) is 1. The van der Waals surface area contributed by atoms with Crippen molar-refractivity contribution in [3.05, 3.63) is 16.6 Å². The predicted molar refractivity (Wildman–Crippen MR) is 64.7 cm³/mol. The molecular formula is C10H17ClN2OS. The molecule has 0 saturated carbocycles. The molecule has 15 heavy (non-hydrogen) atoms. The van der Waals surface area contributed by atoms with Gasteiger partial charge in [0, 0.05) is 12.2 Å². The van der Waals surface area contributed by atoms with Crippen LogP contribution < -0.4 is 5.32 Å². The maximum Gasteiger partial charge on any atom is 0.0826 e. The van der Waals surface area contributed by atoms with Crippen LogP contribution in [0.3, 0.4) is 0 Å². The van der Waals surface area contributed by atoms with E-state index in [0.717, 1.165) is 13.2 Å². The SMILES string of the molecule is Cl.c1ncc(COCC2CCCCN2)s1. The van der Waals surface area contributed by atoms with Gasteiger partial charge >= 0.3 is 0 Å². The van der Waals surface area contributed by atoms with Crippen LogP contribution in [0.15, 0.2) is 11.7 Å². The normalized spacial score (nSPS) is 20.9. The van der Waals surface area contributed by atoms with Gasteiger partial charge in [-0.2, -0.15) is 0 Å². The van der Waals surface area contributed by atoms with Gasteiger partial charge in [-0.05, 0) is 19.4 Å². The van der Waals surface area contributed by atoms with Gasteiger partial charge in [-0.3, -0.25) is 4.98 Å². The lowest BCUT2D eigenvalue weighted by Gasteiger charge is -2.22. The molecule has 1 aliphatic rings. The summed E-state index contributed by atoms with van der Waals surface area (Å²) in [6.45, 7) is 2.69. The van der Waals surface area contributed by atoms with E-state index in [0.29, 0.717) is 12.6 Å². The number of piperidine rings is 1. The largest absolute Gasteiger partial charge is 0.374 e. The fourth-order valence-corrected chi connectivity index (χ4v) is 2.21. The number of aromatic nitrogens is 1. The third kappa shape index (κ3) is 4.47. The average Bonchev–Trinajstić information content (AvgIpc) is 2.72. The van der Waals surface area contributed by atoms with Crippen LogP contribution >= 0.6 is 23.7 Å². The molecule has 1 unspecified atom stereocenters. The third-order valence-electron chi connectivity index (χ3n) is 2.46. The highest BCUT2D eigenvalue weighted by atomic mass is 35.5. The number of hydrogen-bond donors (Lipinski definition) is 1. The maximum absolute atomic E-state index is 5.63. The van der Waals surface area contributed by atoms with Gasteiger partial charge in [0.2, 0.25) is 0 Å². The molecular weight excluding hydrogens is 232 g/mol. The van der Waals surface area contributed by atoms with E-state index in [1.807, 2.05) is 11.7 Å². The van der Waals surface area contributed by atoms with Crippen LogP contribution in [0.2, 0.25) is 0 Å². The van der Waals surface area contributed by atoms with Gasteiger partial charge < -0.3 is 10.1 Å². The van der Waals surface area contributed by atoms with Crippen LogP contribution in [-0.2, 0) is 11.3 Å². The van der Waals surface area contributed by atoms with Crippen molar-refractivity contribution in [1.29, 1.82) is 0 Å². The Morgan fingerprint density at radius 3 is 3.13 bits per heavy atom. The van der Waals surface area contributed by atoms with Crippen molar-refractivity contribution < 1.29 is 4.74 Å². The smallest absolute Gasteiger partial charge is 0.0826 e. The lowest BCUT2D eigenvalue weighted by atomic mass is 10.1. The van der Waals surface area contributed by atoms with Gasteiger partial charge in [-0.1, -0.05) is 6.42 Å². The fourth-order valence-electron chi connectivity index (χ4n) is 1.68. The van der Waals surface area contributed by atoms with E-state index in [4.69, 9.17) is 4.74 Å². The van der Waals surface area contributed by atoms with Crippen molar-refractivity contribution in [2.45, 2.75) is 31.9 Å². The molecule has 0 aromatic carbocycles. The summed E-state index contributed by atoms with van der Waals surface area (Å²) in [7, 11) is 0. The molecule has 2 rings (SSSR count). The van der Waals surface area contributed by atoms with E-state index >= 15 is 0 Å². The number of thiazole rings is 1. The fraction of sp³-hybridized carbons (Fsp3) is 0.700. The summed E-state index contributed by atoms with van der Waals surface area (Å²) < 4.78 is 5.63. The third-order valence-corrected chi connectivity index (χ3v) is 3.21. The zero-order chi connectivity index (χ0) is 9.64. The van der Waals surface area contributed by atoms with E-state index in [1.54, 1.807) is 11.3 Å². The molecule has 0 amide bonds. The Balaban J connectivity index is 0.00000112. The number of rotatable bonds is 4. The number of halogens is 1. The lowest BCUT2D eigenvalue weighted by molar-refractivity contribution is 0.0927. The topological polar surface area (TPSA) is 34.1 Å². The van der Waals surface area contributed by atoms with Crippen LogP contribution in [0, 0.1) is 0 Å². The molecule has 0 aliphatic carbocycles. The van der Waals surface area contributed by atoms with Crippen molar-refractivity contribution in [2.75, 3.05) is 13.2 Å². The molecule has 1 fully saturated rings. The van der Waals surface area contributed by atoms with Crippen molar-refractivity contribution in [2.24, 2.45) is 0 Å². The molecule has 1 aromatic rings. The van der Waals surface area contributed by atoms with Gasteiger partial charge in [0.05, 0.1) is 23.6 Å². The minimum atomic E-state index is 0. The molecule has 86 valence electrons. The molecule has 1 atom stereocenters. The Bertz CT molecular complexity index is 250. The summed E-state index contributed by atoms with van der Waals surface area (Å²) in [5, 5.41) is 3.46. The average molecular weight is 249 g/mol. The Labute approximate surface area is 101 Å². The Morgan fingerprint density at radius 2 is 2.47 bits per heavy atom. The van der Waals surface area contributed by atoms with E-state index in [9.17, 15) is 0 Å². The standard InChI is InChI=1S/C10H16N2OS.ClH/c1-2-4-12-9(3-1)6-13-7-10-5-11-8-14-10;/h5,8-9,12H,1-4,6-7H2;1H. The highest BCUT2D eigenvalue weighted by Gasteiger charge is 2.12. The molecule has 1 aliphatic heterocycles. The molecule has 0 bridgehead atoms. The second kappa shape index (κ2) is 7.17. The summed E-state index contributed by atoms with van der Waals surface area (Å²) in [6, 6.07) is 0.566. The van der Waals surface area contributed by atoms with E-state index in [2.05, 4.69) is 10.3 Å². The number of nitrogens with zero attached hydrogens (tertiary/aromatic N) is 1. The van der Waals surface area contributed by atoms with E-state index in [-0.39, 0.29) is 12.4 Å². The van der Waals surface area contributed by atoms with Gasteiger partial charge in [-0.15, -0.1) is 23.7 Å². The zero-order valence-electron chi connectivity index (χ0n) is 8.65. The molecule has 5 heteroatoms. The van der Waals surface area contributed by atoms with Crippen molar-refractivity contribution in [3.63, 3.8) is 0 Å². The second-order valence-corrected chi connectivity index (χ2v) is 4.60. The highest BCUT2D eigenvalue weighted by Crippen LogP contribution is 2.10. The van der Waals surface area contributed by atoms with Crippen molar-refractivity contribution in [3.8, 4) is 0 Å². The summed E-state index contributed by atoms with van der Waals surface area (Å²) >= 11 is 1.65. The number of ether oxygens (including phenoxy) is 1. The molecule has 1 N–H and O–H groups in total. The predicted octanol–water partition coefficient (Wildman–Crippen LogP) is 2.22. The van der Waals surface area contributed by atoms with Gasteiger partial charge in [0.25, 0.3) is 0 Å². The Kier molecular flexibility index (Phi) is 6.17. The quantitative estimate of drug-likeness (QED) is 0.887. The minimum absolute atomic E-state index is 0. The Hall–Kier alpha value is -0.160. The molecule has 1 aromatic heterocycles. The molecule has 1 saturated heterocycles. The van der Waals surface area contributed by atoms with Crippen LogP contribution in [0.1, 0.15) is 24.1 Å². The Morgan fingerprint density at radius 1 is 1.53 bits per heavy atom. The first-order valence-electron chi connectivity index (χ1n) is 5.13. The molecule has 0 spiro atoms. The first-order chi connectivity index (χ1) is 6.95. The van der Waals surface area contributed by atoms with E-state index in [1.165, 1.54) is 24.1 Å². The number of hydrogen-bond acceptors (Lipinski definition) is 4. The van der Waals surface area contributed by atoms with Gasteiger partial charge in [0.1, 0.15) is 0 Å². The maximum atomic E-state index is 5.63. The summed E-state index contributed by atoms with van der Waals surface area (Å²) in [5.74, 6) is 0. The van der Waals surface area contributed by atoms with Crippen LogP contribution in [0.4, 0.5) is 0 Å².